The molecule has 8 aromatic rings. The van der Waals surface area contributed by atoms with Gasteiger partial charge in [-0.2, -0.15) is 5.26 Å². The van der Waals surface area contributed by atoms with Gasteiger partial charge >= 0.3 is 0 Å². The third-order valence-corrected chi connectivity index (χ3v) is 8.21. The fourth-order valence-electron chi connectivity index (χ4n) is 5.72. The second-order valence-corrected chi connectivity index (χ2v) is 11.3. The maximum absolute atomic E-state index is 13.9. The van der Waals surface area contributed by atoms with Gasteiger partial charge in [-0.05, 0) is 51.3 Å². The second kappa shape index (κ2) is 15.9. The molecule has 2 aromatic heterocycles. The summed E-state index contributed by atoms with van der Waals surface area (Å²) < 4.78 is 13.9. The van der Waals surface area contributed by atoms with Crippen LogP contribution in [0.15, 0.2) is 170 Å². The summed E-state index contributed by atoms with van der Waals surface area (Å²) in [6.45, 7) is 0. The Morgan fingerprint density at radius 1 is 0.560 bits per heavy atom. The molecule has 0 bridgehead atoms. The van der Waals surface area contributed by atoms with Crippen molar-refractivity contribution in [3.63, 3.8) is 0 Å². The summed E-state index contributed by atoms with van der Waals surface area (Å²) >= 11 is 0. The number of hydrogen-bond donors (Lipinski definition) is 0. The molecule has 50 heavy (non-hydrogen) atoms. The molecule has 0 saturated carbocycles. The van der Waals surface area contributed by atoms with Gasteiger partial charge in [-0.25, -0.2) is 0 Å². The monoisotopic (exact) mass is 822 g/mol. The van der Waals surface area contributed by atoms with Crippen LogP contribution in [-0.2, 0) is 20.1 Å². The van der Waals surface area contributed by atoms with Gasteiger partial charge < -0.3 is 9.97 Å². The molecule has 0 aliphatic heterocycles. The van der Waals surface area contributed by atoms with Gasteiger partial charge in [0.05, 0.1) is 11.6 Å². The zero-order valence-electron chi connectivity index (χ0n) is 26.7. The van der Waals surface area contributed by atoms with E-state index >= 15 is 0 Å². The SMILES string of the molecule is Fc1c[c-]c(-c2ccccn2)cc1-c1ccccc1.N#Cc1ccc2c(-c3cc(-c4ccc(-c5ccccc5)cc4)ccn3)[c-]ccc2c1.[Ir]. The molecule has 1 radical (unpaired) electrons. The van der Waals surface area contributed by atoms with Gasteiger partial charge in [-0.3, -0.25) is 4.39 Å². The van der Waals surface area contributed by atoms with Crippen molar-refractivity contribution < 1.29 is 24.5 Å². The average molecular weight is 822 g/mol. The molecule has 5 heteroatoms. The van der Waals surface area contributed by atoms with E-state index in [0.29, 0.717) is 11.1 Å². The minimum Gasteiger partial charge on any atom is -0.305 e. The molecule has 0 fully saturated rings. The van der Waals surface area contributed by atoms with Crippen molar-refractivity contribution >= 4 is 10.8 Å². The Bertz CT molecular complexity index is 2390. The molecular formula is C45H28FIrN3-2. The second-order valence-electron chi connectivity index (χ2n) is 11.3. The third kappa shape index (κ3) is 7.64. The molecule has 2 heterocycles. The number of nitrogens with zero attached hydrogens (tertiary/aromatic N) is 3. The topological polar surface area (TPSA) is 49.6 Å². The van der Waals surface area contributed by atoms with Gasteiger partial charge in [-0.1, -0.05) is 138 Å². The number of rotatable bonds is 5. The van der Waals surface area contributed by atoms with Gasteiger partial charge in [-0.15, -0.1) is 47.5 Å². The molecule has 0 N–H and O–H groups in total. The number of benzene rings is 6. The molecule has 0 unspecified atom stereocenters. The van der Waals surface area contributed by atoms with Crippen LogP contribution in [0, 0.1) is 29.3 Å². The van der Waals surface area contributed by atoms with E-state index in [4.69, 9.17) is 5.26 Å². The standard InChI is InChI=1S/C28H17N2.C17H11FN.Ir/c29-19-20-9-14-26-25(17-20)7-4-8-27(26)28-18-24(15-16-30-28)23-12-10-22(11-13-23)21-5-2-1-3-6-21;18-16-10-9-14(17-8-4-5-11-19-17)12-15(16)13-6-2-1-3-7-13;/h1-7,9-18H;1-8,10-12H;/q2*-1;. The summed E-state index contributed by atoms with van der Waals surface area (Å²) in [6.07, 6.45) is 3.56. The average Bonchev–Trinajstić information content (AvgIpc) is 3.19. The molecular weight excluding hydrogens is 794 g/mol. The Morgan fingerprint density at radius 3 is 1.92 bits per heavy atom. The summed E-state index contributed by atoms with van der Waals surface area (Å²) in [6, 6.07) is 59.4. The first-order valence-corrected chi connectivity index (χ1v) is 15.8. The number of fused-ring (bicyclic) bond motifs is 1. The van der Waals surface area contributed by atoms with Crippen molar-refractivity contribution in [2.45, 2.75) is 0 Å². The minimum absolute atomic E-state index is 0. The summed E-state index contributed by atoms with van der Waals surface area (Å²) in [4.78, 5) is 8.86. The summed E-state index contributed by atoms with van der Waals surface area (Å²) in [5.74, 6) is -0.272. The zero-order valence-corrected chi connectivity index (χ0v) is 29.1. The minimum atomic E-state index is -0.272. The van der Waals surface area contributed by atoms with Gasteiger partial charge in [0.1, 0.15) is 0 Å². The Balaban J connectivity index is 0.000000187. The Hall–Kier alpha value is -6.05. The smallest absolute Gasteiger partial charge is 0.0990 e. The van der Waals surface area contributed by atoms with Crippen LogP contribution in [0.25, 0.3) is 66.7 Å². The van der Waals surface area contributed by atoms with E-state index < -0.39 is 0 Å². The van der Waals surface area contributed by atoms with Crippen LogP contribution in [-0.4, -0.2) is 9.97 Å². The predicted molar refractivity (Wildman–Crippen MR) is 196 cm³/mol. The van der Waals surface area contributed by atoms with Crippen molar-refractivity contribution in [1.29, 1.82) is 5.26 Å². The van der Waals surface area contributed by atoms with E-state index in [1.165, 1.54) is 17.2 Å². The zero-order chi connectivity index (χ0) is 33.4. The number of hydrogen-bond acceptors (Lipinski definition) is 3. The molecule has 0 aliphatic rings. The van der Waals surface area contributed by atoms with E-state index in [-0.39, 0.29) is 25.9 Å². The van der Waals surface area contributed by atoms with Gasteiger partial charge in [0.25, 0.3) is 0 Å². The molecule has 3 nitrogen and oxygen atoms in total. The molecule has 0 aliphatic carbocycles. The Kier molecular flexibility index (Phi) is 10.8. The third-order valence-electron chi connectivity index (χ3n) is 8.21. The van der Waals surface area contributed by atoms with E-state index in [0.717, 1.165) is 50.0 Å². The Labute approximate surface area is 304 Å². The number of aromatic nitrogens is 2. The van der Waals surface area contributed by atoms with Gasteiger partial charge in [0, 0.05) is 38.3 Å². The van der Waals surface area contributed by atoms with Crippen molar-refractivity contribution in [3.05, 3.63) is 194 Å². The molecule has 0 amide bonds. The van der Waals surface area contributed by atoms with Crippen LogP contribution in [0.5, 0.6) is 0 Å². The first-order chi connectivity index (χ1) is 24.2. The van der Waals surface area contributed by atoms with E-state index in [1.54, 1.807) is 12.3 Å². The molecule has 8 rings (SSSR count). The van der Waals surface area contributed by atoms with Crippen molar-refractivity contribution in [2.75, 3.05) is 0 Å². The number of nitriles is 1. The van der Waals surface area contributed by atoms with E-state index in [1.807, 2.05) is 97.2 Å². The largest absolute Gasteiger partial charge is 0.305 e. The van der Waals surface area contributed by atoms with E-state index in [9.17, 15) is 4.39 Å². The maximum Gasteiger partial charge on any atom is 0.0990 e. The van der Waals surface area contributed by atoms with Crippen LogP contribution in [0.3, 0.4) is 0 Å². The van der Waals surface area contributed by atoms with Crippen LogP contribution in [0.4, 0.5) is 4.39 Å². The summed E-state index contributed by atoms with van der Waals surface area (Å²) in [5.41, 5.74) is 10.1. The van der Waals surface area contributed by atoms with Gasteiger partial charge in [0.15, 0.2) is 0 Å². The fraction of sp³-hybridized carbons (Fsp3) is 0. The molecule has 241 valence electrons. The first-order valence-electron chi connectivity index (χ1n) is 15.8. The van der Waals surface area contributed by atoms with Gasteiger partial charge in [0.2, 0.25) is 0 Å². The first kappa shape index (κ1) is 33.8. The maximum atomic E-state index is 13.9. The Morgan fingerprint density at radius 2 is 1.22 bits per heavy atom. The van der Waals surface area contributed by atoms with E-state index in [2.05, 4.69) is 82.8 Å². The van der Waals surface area contributed by atoms with Crippen LogP contribution in [0.2, 0.25) is 0 Å². The van der Waals surface area contributed by atoms with Crippen molar-refractivity contribution in [1.82, 2.24) is 9.97 Å². The molecule has 0 spiro atoms. The van der Waals surface area contributed by atoms with Crippen LogP contribution < -0.4 is 0 Å². The molecule has 0 saturated heterocycles. The van der Waals surface area contributed by atoms with Crippen LogP contribution in [0.1, 0.15) is 5.56 Å². The number of halogens is 1. The molecule has 6 aromatic carbocycles. The molecule has 0 atom stereocenters. The van der Waals surface area contributed by atoms with Crippen LogP contribution >= 0.6 is 0 Å². The fourth-order valence-corrected chi connectivity index (χ4v) is 5.72. The summed E-state index contributed by atoms with van der Waals surface area (Å²) in [5, 5.41) is 11.2. The predicted octanol–water partition coefficient (Wildman–Crippen LogP) is 11.3. The van der Waals surface area contributed by atoms with Crippen molar-refractivity contribution in [2.24, 2.45) is 0 Å². The van der Waals surface area contributed by atoms with Crippen molar-refractivity contribution in [3.8, 4) is 62.0 Å². The quantitative estimate of drug-likeness (QED) is 0.163. The summed E-state index contributed by atoms with van der Waals surface area (Å²) in [7, 11) is 0. The normalized spacial score (nSPS) is 10.3. The number of pyridine rings is 2.